The van der Waals surface area contributed by atoms with Gasteiger partial charge in [-0.15, -0.1) is 0 Å². The maximum Gasteiger partial charge on any atom is 0.311 e. The van der Waals surface area contributed by atoms with E-state index in [2.05, 4.69) is 0 Å². The molecule has 0 radical (unpaired) electrons. The maximum absolute atomic E-state index is 14.0. The van der Waals surface area contributed by atoms with Crippen molar-refractivity contribution in [3.8, 4) is 11.5 Å². The van der Waals surface area contributed by atoms with Crippen molar-refractivity contribution in [3.63, 3.8) is 0 Å². The molecule has 8 heteroatoms. The molecule has 24 heavy (non-hydrogen) atoms. The molecule has 0 saturated carbocycles. The van der Waals surface area contributed by atoms with E-state index >= 15 is 0 Å². The van der Waals surface area contributed by atoms with Crippen LogP contribution in [0.4, 0.5) is 23.2 Å². The number of nitro benzene ring substituents is 1. The smallest absolute Gasteiger partial charge is 0.311 e. The van der Waals surface area contributed by atoms with Crippen molar-refractivity contribution in [1.29, 1.82) is 0 Å². The summed E-state index contributed by atoms with van der Waals surface area (Å²) in [6, 6.07) is 3.57. The van der Waals surface area contributed by atoms with Crippen LogP contribution in [0, 0.1) is 40.3 Å². The Labute approximate surface area is 134 Å². The molecule has 0 amide bonds. The molecule has 126 valence electrons. The summed E-state index contributed by atoms with van der Waals surface area (Å²) in [7, 11) is 0. The number of nitro groups is 1. The van der Waals surface area contributed by atoms with Crippen LogP contribution in [0.1, 0.15) is 18.1 Å². The van der Waals surface area contributed by atoms with E-state index in [4.69, 9.17) is 4.74 Å². The van der Waals surface area contributed by atoms with Crippen LogP contribution in [0.15, 0.2) is 24.3 Å². The molecule has 0 bridgehead atoms. The van der Waals surface area contributed by atoms with E-state index in [1.165, 1.54) is 19.1 Å². The lowest BCUT2D eigenvalue weighted by Gasteiger charge is -2.12. The third-order valence-corrected chi connectivity index (χ3v) is 3.11. The lowest BCUT2D eigenvalue weighted by Crippen LogP contribution is -2.04. The third-order valence-electron chi connectivity index (χ3n) is 3.11. The van der Waals surface area contributed by atoms with Crippen LogP contribution >= 0.6 is 0 Å². The van der Waals surface area contributed by atoms with Gasteiger partial charge in [-0.1, -0.05) is 18.2 Å². The second-order valence-electron chi connectivity index (χ2n) is 4.83. The summed E-state index contributed by atoms with van der Waals surface area (Å²) in [5.74, 6) is -8.78. The highest BCUT2D eigenvalue weighted by molar-refractivity contribution is 5.55. The van der Waals surface area contributed by atoms with Gasteiger partial charge in [-0.3, -0.25) is 10.1 Å². The van der Waals surface area contributed by atoms with E-state index in [-0.39, 0.29) is 0 Å². The van der Waals surface area contributed by atoms with E-state index < -0.39 is 50.9 Å². The summed E-state index contributed by atoms with van der Waals surface area (Å²) in [4.78, 5) is 10.1. The Balaban J connectivity index is 2.64. The second-order valence-corrected chi connectivity index (χ2v) is 4.83. The van der Waals surface area contributed by atoms with Gasteiger partial charge in [0.1, 0.15) is 0 Å². The number of hydrogen-bond acceptors (Lipinski definition) is 3. The molecule has 0 spiro atoms. The van der Waals surface area contributed by atoms with Crippen molar-refractivity contribution in [2.45, 2.75) is 13.8 Å². The summed E-state index contributed by atoms with van der Waals surface area (Å²) in [5.41, 5.74) is -1.01. The summed E-state index contributed by atoms with van der Waals surface area (Å²) in [5, 5.41) is 10.9. The van der Waals surface area contributed by atoms with Gasteiger partial charge in [0.25, 0.3) is 0 Å². The zero-order valence-corrected chi connectivity index (χ0v) is 12.6. The molecule has 0 atom stereocenters. The fourth-order valence-corrected chi connectivity index (χ4v) is 2.00. The number of rotatable bonds is 4. The fourth-order valence-electron chi connectivity index (χ4n) is 2.00. The Hall–Kier alpha value is -2.90. The maximum atomic E-state index is 14.0. The van der Waals surface area contributed by atoms with Crippen molar-refractivity contribution >= 4 is 11.8 Å². The first-order valence-electron chi connectivity index (χ1n) is 6.69. The Morgan fingerprint density at radius 2 is 1.67 bits per heavy atom. The van der Waals surface area contributed by atoms with E-state index in [0.29, 0.717) is 5.56 Å². The lowest BCUT2D eigenvalue weighted by molar-refractivity contribution is -0.385. The Morgan fingerprint density at radius 1 is 1.08 bits per heavy atom. The highest BCUT2D eigenvalue weighted by Crippen LogP contribution is 2.37. The highest BCUT2D eigenvalue weighted by Gasteiger charge is 2.27. The Bertz CT molecular complexity index is 821. The molecule has 2 aromatic carbocycles. The van der Waals surface area contributed by atoms with Gasteiger partial charge < -0.3 is 4.74 Å². The predicted molar refractivity (Wildman–Crippen MR) is 78.9 cm³/mol. The largest absolute Gasteiger partial charge is 0.444 e. The van der Waals surface area contributed by atoms with Crippen molar-refractivity contribution < 1.29 is 27.2 Å². The summed E-state index contributed by atoms with van der Waals surface area (Å²) >= 11 is 0. The number of benzene rings is 2. The van der Waals surface area contributed by atoms with Crippen LogP contribution in [0.2, 0.25) is 0 Å². The topological polar surface area (TPSA) is 52.4 Å². The van der Waals surface area contributed by atoms with Gasteiger partial charge in [-0.2, -0.15) is 8.78 Å². The molecule has 0 aliphatic rings. The summed E-state index contributed by atoms with van der Waals surface area (Å²) in [6.45, 7) is 2.97. The monoisotopic (exact) mass is 341 g/mol. The number of aryl methyl sites for hydroxylation is 1. The molecule has 0 N–H and O–H groups in total. The highest BCUT2D eigenvalue weighted by atomic mass is 19.2. The van der Waals surface area contributed by atoms with Gasteiger partial charge >= 0.3 is 5.69 Å². The van der Waals surface area contributed by atoms with Crippen LogP contribution in [-0.4, -0.2) is 4.92 Å². The summed E-state index contributed by atoms with van der Waals surface area (Å²) in [6.07, 6.45) is 2.06. The lowest BCUT2D eigenvalue weighted by atomic mass is 10.1. The average molecular weight is 341 g/mol. The quantitative estimate of drug-likeness (QED) is 0.329. The first-order chi connectivity index (χ1) is 11.3. The molecule has 0 aliphatic carbocycles. The number of allylic oxidation sites excluding steroid dienone is 1. The molecular formula is C16H11F4NO3. The van der Waals surface area contributed by atoms with Gasteiger partial charge in [0.2, 0.25) is 23.1 Å². The minimum absolute atomic E-state index is 0.489. The van der Waals surface area contributed by atoms with Crippen molar-refractivity contribution in [3.05, 3.63) is 68.8 Å². The van der Waals surface area contributed by atoms with Crippen molar-refractivity contribution in [1.82, 2.24) is 0 Å². The molecule has 0 aliphatic heterocycles. The van der Waals surface area contributed by atoms with Crippen molar-refractivity contribution in [2.75, 3.05) is 0 Å². The number of ether oxygens (including phenoxy) is 1. The zero-order chi connectivity index (χ0) is 18.0. The van der Waals surface area contributed by atoms with Crippen LogP contribution in [0.5, 0.6) is 11.5 Å². The van der Waals surface area contributed by atoms with Gasteiger partial charge in [0.15, 0.2) is 11.6 Å². The van der Waals surface area contributed by atoms with Crippen LogP contribution < -0.4 is 4.74 Å². The van der Waals surface area contributed by atoms with E-state index in [0.717, 1.165) is 18.2 Å². The molecular weight excluding hydrogens is 330 g/mol. The molecule has 0 heterocycles. The van der Waals surface area contributed by atoms with E-state index in [9.17, 15) is 27.7 Å². The number of hydrogen-bond donors (Lipinski definition) is 0. The SMILES string of the molecule is C/C=C/c1c(F)c(F)c(Oc2cc(C)ccc2[N+](=O)[O-])c(F)c1F. The van der Waals surface area contributed by atoms with Gasteiger partial charge in [-0.25, -0.2) is 8.78 Å². The first-order valence-corrected chi connectivity index (χ1v) is 6.69. The van der Waals surface area contributed by atoms with Crippen LogP contribution in [-0.2, 0) is 0 Å². The molecule has 0 saturated heterocycles. The van der Waals surface area contributed by atoms with Gasteiger partial charge in [-0.05, 0) is 25.5 Å². The molecule has 4 nitrogen and oxygen atoms in total. The fraction of sp³-hybridized carbons (Fsp3) is 0.125. The molecule has 0 aromatic heterocycles. The van der Waals surface area contributed by atoms with Gasteiger partial charge in [0, 0.05) is 6.07 Å². The standard InChI is InChI=1S/C16H11F4NO3/c1-3-4-9-12(17)14(19)16(15(20)13(9)18)24-11-7-8(2)5-6-10(11)21(22)23/h3-7H,1-2H3/b4-3+. The second kappa shape index (κ2) is 6.69. The zero-order valence-electron chi connectivity index (χ0n) is 12.6. The minimum Gasteiger partial charge on any atom is -0.444 e. The molecule has 2 rings (SSSR count). The van der Waals surface area contributed by atoms with E-state index in [1.807, 2.05) is 0 Å². The Kier molecular flexibility index (Phi) is 4.87. The minimum atomic E-state index is -1.78. The first kappa shape index (κ1) is 17.5. The molecule has 0 fully saturated rings. The summed E-state index contributed by atoms with van der Waals surface area (Å²) < 4.78 is 60.7. The van der Waals surface area contributed by atoms with Gasteiger partial charge in [0.05, 0.1) is 10.5 Å². The number of nitrogens with zero attached hydrogens (tertiary/aromatic N) is 1. The predicted octanol–water partition coefficient (Wildman–Crippen LogP) is 5.29. The number of halogens is 4. The van der Waals surface area contributed by atoms with Crippen LogP contribution in [0.25, 0.3) is 6.08 Å². The molecule has 2 aromatic rings. The molecule has 0 unspecified atom stereocenters. The van der Waals surface area contributed by atoms with Crippen LogP contribution in [0.3, 0.4) is 0 Å². The van der Waals surface area contributed by atoms with Crippen molar-refractivity contribution in [2.24, 2.45) is 0 Å². The van der Waals surface area contributed by atoms with E-state index in [1.54, 1.807) is 6.92 Å². The Morgan fingerprint density at radius 3 is 2.17 bits per heavy atom. The average Bonchev–Trinajstić information content (AvgIpc) is 2.53. The third kappa shape index (κ3) is 3.08. The normalized spacial score (nSPS) is 11.1.